The first-order valence-corrected chi connectivity index (χ1v) is 13.0. The summed E-state index contributed by atoms with van der Waals surface area (Å²) in [5, 5.41) is 9.79. The summed E-state index contributed by atoms with van der Waals surface area (Å²) in [5.41, 5.74) is 9.35. The highest BCUT2D eigenvalue weighted by atomic mass is 16.5. The van der Waals surface area contributed by atoms with Gasteiger partial charge in [0, 0.05) is 31.0 Å². The van der Waals surface area contributed by atoms with Crippen LogP contribution in [0.2, 0.25) is 0 Å². The number of rotatable bonds is 9. The maximum Gasteiger partial charge on any atom is 0.282 e. The molecule has 0 aliphatic carbocycles. The molecule has 2 aromatic carbocycles. The van der Waals surface area contributed by atoms with Crippen molar-refractivity contribution in [2.45, 2.75) is 44.5 Å². The summed E-state index contributed by atoms with van der Waals surface area (Å²) in [6.45, 7) is 4.29. The van der Waals surface area contributed by atoms with Crippen molar-refractivity contribution in [3.05, 3.63) is 81.8 Å². The van der Waals surface area contributed by atoms with Crippen molar-refractivity contribution >= 4 is 11.9 Å². The highest BCUT2D eigenvalue weighted by molar-refractivity contribution is 5.94. The average Bonchev–Trinajstić information content (AvgIpc) is 3.34. The van der Waals surface area contributed by atoms with Crippen LogP contribution in [-0.2, 0) is 17.9 Å². The summed E-state index contributed by atoms with van der Waals surface area (Å²) in [6.07, 6.45) is 4.61. The fourth-order valence-electron chi connectivity index (χ4n) is 4.79. The number of nitrogens with zero attached hydrogens (tertiary/aromatic N) is 2. The van der Waals surface area contributed by atoms with Gasteiger partial charge in [-0.3, -0.25) is 9.59 Å². The molecule has 0 radical (unpaired) electrons. The summed E-state index contributed by atoms with van der Waals surface area (Å²) in [6, 6.07) is 15.7. The third kappa shape index (κ3) is 6.07. The molecule has 1 atom stereocenters. The van der Waals surface area contributed by atoms with Gasteiger partial charge < -0.3 is 31.0 Å². The Morgan fingerprint density at radius 2 is 1.86 bits per heavy atom. The zero-order chi connectivity index (χ0) is 25.6. The molecule has 1 aromatic heterocycles. The second-order valence-corrected chi connectivity index (χ2v) is 9.64. The van der Waals surface area contributed by atoms with Gasteiger partial charge in [-0.25, -0.2) is 0 Å². The smallest absolute Gasteiger partial charge is 0.282 e. The molecule has 194 valence electrons. The number of amides is 1. The number of aromatic nitrogens is 2. The van der Waals surface area contributed by atoms with Gasteiger partial charge in [-0.2, -0.15) is 4.98 Å². The van der Waals surface area contributed by atoms with Gasteiger partial charge in [0.1, 0.15) is 0 Å². The van der Waals surface area contributed by atoms with Crippen molar-refractivity contribution in [2.24, 2.45) is 5.73 Å². The summed E-state index contributed by atoms with van der Waals surface area (Å²) in [4.78, 5) is 29.7. The van der Waals surface area contributed by atoms with Crippen LogP contribution in [0.5, 0.6) is 0 Å². The molecular formula is C28H34N6O3. The number of nitrogens with two attached hydrogens (primary N) is 1. The molecule has 1 saturated heterocycles. The third-order valence-corrected chi connectivity index (χ3v) is 6.95. The molecule has 1 amide bonds. The van der Waals surface area contributed by atoms with E-state index < -0.39 is 0 Å². The topological polar surface area (TPSA) is 123 Å². The molecule has 3 heterocycles. The lowest BCUT2D eigenvalue weighted by Crippen LogP contribution is -2.42. The van der Waals surface area contributed by atoms with Gasteiger partial charge in [-0.05, 0) is 67.7 Å². The van der Waals surface area contributed by atoms with Crippen LogP contribution >= 0.6 is 0 Å². The Labute approximate surface area is 216 Å². The van der Waals surface area contributed by atoms with Crippen LogP contribution in [0, 0.1) is 0 Å². The van der Waals surface area contributed by atoms with Crippen LogP contribution in [0.1, 0.15) is 46.8 Å². The van der Waals surface area contributed by atoms with Crippen LogP contribution in [0.3, 0.4) is 0 Å². The van der Waals surface area contributed by atoms with Crippen LogP contribution < -0.4 is 27.2 Å². The number of hydrogen-bond acceptors (Lipinski definition) is 7. The van der Waals surface area contributed by atoms with Crippen molar-refractivity contribution in [1.82, 2.24) is 20.2 Å². The minimum absolute atomic E-state index is 0.0308. The molecule has 1 fully saturated rings. The minimum Gasteiger partial charge on any atom is -0.377 e. The minimum atomic E-state index is -0.267. The zero-order valence-electron chi connectivity index (χ0n) is 20.9. The maximum absolute atomic E-state index is 12.8. The molecule has 0 bridgehead atoms. The molecule has 37 heavy (non-hydrogen) atoms. The Balaban J connectivity index is 1.23. The molecule has 5 N–H and O–H groups in total. The van der Waals surface area contributed by atoms with Crippen molar-refractivity contribution < 1.29 is 9.53 Å². The van der Waals surface area contributed by atoms with E-state index in [1.807, 2.05) is 59.3 Å². The lowest BCUT2D eigenvalue weighted by Gasteiger charge is -2.23. The fraction of sp³-hybridized carbons (Fsp3) is 0.393. The Bertz CT molecular complexity index is 1270. The first kappa shape index (κ1) is 25.1. The molecule has 2 aliphatic rings. The van der Waals surface area contributed by atoms with E-state index in [2.05, 4.69) is 20.9 Å². The van der Waals surface area contributed by atoms with Crippen molar-refractivity contribution in [2.75, 3.05) is 31.6 Å². The second-order valence-electron chi connectivity index (χ2n) is 9.64. The average molecular weight is 503 g/mol. The molecule has 0 spiro atoms. The number of carbonyl (C=O) groups excluding carboxylic acids is 1. The van der Waals surface area contributed by atoms with E-state index in [0.29, 0.717) is 43.4 Å². The third-order valence-electron chi connectivity index (χ3n) is 6.95. The first-order chi connectivity index (χ1) is 18.1. The van der Waals surface area contributed by atoms with Gasteiger partial charge in [0.25, 0.3) is 11.5 Å². The van der Waals surface area contributed by atoms with Crippen LogP contribution in [0.25, 0.3) is 11.1 Å². The van der Waals surface area contributed by atoms with Crippen LogP contribution in [-0.4, -0.2) is 47.7 Å². The summed E-state index contributed by atoms with van der Waals surface area (Å²) < 4.78 is 7.58. The quantitative estimate of drug-likeness (QED) is 0.331. The van der Waals surface area contributed by atoms with Crippen molar-refractivity contribution in [3.63, 3.8) is 0 Å². The van der Waals surface area contributed by atoms with Gasteiger partial charge in [0.15, 0.2) is 0 Å². The van der Waals surface area contributed by atoms with Gasteiger partial charge in [-0.1, -0.05) is 36.4 Å². The predicted octanol–water partition coefficient (Wildman–Crippen LogP) is 2.42. The maximum atomic E-state index is 12.8. The van der Waals surface area contributed by atoms with E-state index in [-0.39, 0.29) is 23.6 Å². The number of fused-ring (bicyclic) bond motifs is 1. The number of ether oxygens (including phenoxy) is 1. The number of piperidine rings is 1. The molecule has 1 unspecified atom stereocenters. The van der Waals surface area contributed by atoms with Crippen LogP contribution in [0.15, 0.2) is 59.5 Å². The number of anilines is 1. The molecule has 5 rings (SSSR count). The van der Waals surface area contributed by atoms with Crippen molar-refractivity contribution in [3.8, 4) is 11.1 Å². The highest BCUT2D eigenvalue weighted by Crippen LogP contribution is 2.29. The van der Waals surface area contributed by atoms with E-state index in [4.69, 9.17) is 10.5 Å². The number of hydrogen-bond donors (Lipinski definition) is 4. The Morgan fingerprint density at radius 3 is 2.59 bits per heavy atom. The molecular weight excluding hydrogens is 468 g/mol. The summed E-state index contributed by atoms with van der Waals surface area (Å²) >= 11 is 0. The van der Waals surface area contributed by atoms with E-state index in [9.17, 15) is 9.59 Å². The Hall–Kier alpha value is -3.53. The predicted molar refractivity (Wildman–Crippen MR) is 143 cm³/mol. The largest absolute Gasteiger partial charge is 0.377 e. The number of nitrogens with one attached hydrogen (secondary N) is 3. The fourth-order valence-corrected chi connectivity index (χ4v) is 4.79. The lowest BCUT2D eigenvalue weighted by atomic mass is 10.0. The SMILES string of the molecule is NCCCOCc1ccc(-c2cn3c(nc2=O)NC(c2ccc(C(=O)NC4CCNCC4)cc2)C3)cc1. The van der Waals surface area contributed by atoms with Crippen molar-refractivity contribution in [1.29, 1.82) is 0 Å². The van der Waals surface area contributed by atoms with E-state index in [1.54, 1.807) is 0 Å². The molecule has 2 aliphatic heterocycles. The van der Waals surface area contributed by atoms with Gasteiger partial charge in [-0.15, -0.1) is 0 Å². The van der Waals surface area contributed by atoms with E-state index in [1.165, 1.54) is 0 Å². The van der Waals surface area contributed by atoms with Gasteiger partial charge >= 0.3 is 0 Å². The summed E-state index contributed by atoms with van der Waals surface area (Å²) in [7, 11) is 0. The van der Waals surface area contributed by atoms with E-state index >= 15 is 0 Å². The Morgan fingerprint density at radius 1 is 1.11 bits per heavy atom. The normalized spacial score (nSPS) is 17.3. The highest BCUT2D eigenvalue weighted by Gasteiger charge is 2.24. The van der Waals surface area contributed by atoms with E-state index in [0.717, 1.165) is 49.0 Å². The number of benzene rings is 2. The molecule has 3 aromatic rings. The van der Waals surface area contributed by atoms with Gasteiger partial charge in [0.05, 0.1) is 18.2 Å². The summed E-state index contributed by atoms with van der Waals surface area (Å²) in [5.74, 6) is 0.516. The lowest BCUT2D eigenvalue weighted by molar-refractivity contribution is 0.0929. The van der Waals surface area contributed by atoms with Gasteiger partial charge in [0.2, 0.25) is 5.95 Å². The Kier molecular flexibility index (Phi) is 7.93. The second kappa shape index (κ2) is 11.7. The zero-order valence-corrected chi connectivity index (χ0v) is 20.9. The van der Waals surface area contributed by atoms with Crippen LogP contribution in [0.4, 0.5) is 5.95 Å². The molecule has 0 saturated carbocycles. The molecule has 9 heteroatoms. The number of carbonyl (C=O) groups is 1. The standard InChI is InChI=1S/C28H34N6O3/c29-12-1-15-37-18-19-2-4-20(5-3-19)24-16-34-17-25(32-28(34)33-27(24)36)21-6-8-22(9-7-21)26(35)31-23-10-13-30-14-11-23/h2-9,16,23,25,30H,1,10-15,17-18,29H2,(H,31,35)(H,32,33,36). The first-order valence-electron chi connectivity index (χ1n) is 13.0. The molecule has 9 nitrogen and oxygen atoms in total. The monoisotopic (exact) mass is 502 g/mol.